The molecule has 9 heteroatoms. The normalized spacial score (nSPS) is 23.4. The zero-order valence-electron chi connectivity index (χ0n) is 9.59. The average Bonchev–Trinajstić information content (AvgIpc) is 2.82. The molecule has 1 aromatic rings. The third-order valence-corrected chi connectivity index (χ3v) is 3.40. The molecule has 1 atom stereocenters. The van der Waals surface area contributed by atoms with E-state index < -0.39 is 24.0 Å². The highest BCUT2D eigenvalue weighted by atomic mass is 79.9. The number of anilines is 1. The van der Waals surface area contributed by atoms with Crippen molar-refractivity contribution in [3.63, 3.8) is 0 Å². The molecular formula is C10H10BrF3N4O. The van der Waals surface area contributed by atoms with Crippen molar-refractivity contribution in [3.05, 3.63) is 17.0 Å². The third-order valence-electron chi connectivity index (χ3n) is 2.99. The van der Waals surface area contributed by atoms with Crippen LogP contribution in [-0.2, 0) is 4.79 Å². The number of carbonyl (C=O) groups is 1. The Morgan fingerprint density at radius 2 is 2.16 bits per heavy atom. The number of hydrogen-bond donors (Lipinski definition) is 2. The number of carbonyl (C=O) groups excluding carboxylic acids is 1. The van der Waals surface area contributed by atoms with E-state index in [4.69, 9.17) is 0 Å². The zero-order chi connectivity index (χ0) is 14.1. The van der Waals surface area contributed by atoms with Gasteiger partial charge in [-0.15, -0.1) is 0 Å². The molecule has 0 bridgehead atoms. The molecule has 1 aromatic heterocycles. The van der Waals surface area contributed by atoms with Crippen LogP contribution in [0.3, 0.4) is 0 Å². The van der Waals surface area contributed by atoms with Crippen LogP contribution >= 0.6 is 15.9 Å². The second kappa shape index (κ2) is 5.04. The van der Waals surface area contributed by atoms with Gasteiger partial charge in [-0.05, 0) is 28.9 Å². The molecule has 0 saturated carbocycles. The maximum absolute atomic E-state index is 13.1. The fraction of sp³-hybridized carbons (Fsp3) is 0.500. The van der Waals surface area contributed by atoms with Crippen molar-refractivity contribution < 1.29 is 18.0 Å². The van der Waals surface area contributed by atoms with Crippen molar-refractivity contribution in [1.29, 1.82) is 0 Å². The van der Waals surface area contributed by atoms with Crippen molar-refractivity contribution in [2.24, 2.45) is 5.41 Å². The van der Waals surface area contributed by atoms with Gasteiger partial charge >= 0.3 is 6.18 Å². The number of rotatable bonds is 2. The first-order chi connectivity index (χ1) is 8.85. The lowest BCUT2D eigenvalue weighted by Crippen LogP contribution is -2.49. The smallest absolute Gasteiger partial charge is 0.315 e. The van der Waals surface area contributed by atoms with Gasteiger partial charge in [0.05, 0.1) is 12.4 Å². The van der Waals surface area contributed by atoms with Gasteiger partial charge in [0.15, 0.2) is 11.2 Å². The average molecular weight is 339 g/mol. The molecular weight excluding hydrogens is 329 g/mol. The first-order valence-electron chi connectivity index (χ1n) is 5.42. The van der Waals surface area contributed by atoms with Crippen LogP contribution in [0.5, 0.6) is 0 Å². The molecule has 5 nitrogen and oxygen atoms in total. The van der Waals surface area contributed by atoms with E-state index in [0.717, 1.165) is 0 Å². The van der Waals surface area contributed by atoms with Crippen molar-refractivity contribution in [3.8, 4) is 0 Å². The van der Waals surface area contributed by atoms with Crippen molar-refractivity contribution in [1.82, 2.24) is 15.3 Å². The lowest BCUT2D eigenvalue weighted by Gasteiger charge is -2.29. The van der Waals surface area contributed by atoms with Crippen molar-refractivity contribution in [2.75, 3.05) is 18.4 Å². The Morgan fingerprint density at radius 1 is 1.42 bits per heavy atom. The highest BCUT2D eigenvalue weighted by molar-refractivity contribution is 9.10. The predicted molar refractivity (Wildman–Crippen MR) is 64.3 cm³/mol. The molecule has 2 heterocycles. The molecule has 1 aliphatic heterocycles. The number of halogens is 4. The van der Waals surface area contributed by atoms with E-state index in [1.165, 1.54) is 12.4 Å². The van der Waals surface area contributed by atoms with Gasteiger partial charge in [0.2, 0.25) is 5.91 Å². The minimum atomic E-state index is -4.61. The van der Waals surface area contributed by atoms with Gasteiger partial charge in [-0.25, -0.2) is 9.97 Å². The Kier molecular flexibility index (Phi) is 3.77. The molecule has 1 saturated heterocycles. The molecule has 1 aliphatic rings. The molecule has 104 valence electrons. The summed E-state index contributed by atoms with van der Waals surface area (Å²) in [5.74, 6) is -1.12. The van der Waals surface area contributed by atoms with E-state index >= 15 is 0 Å². The summed E-state index contributed by atoms with van der Waals surface area (Å²) in [5.41, 5.74) is -2.40. The first-order valence-corrected chi connectivity index (χ1v) is 6.21. The van der Waals surface area contributed by atoms with Gasteiger partial charge in [0, 0.05) is 6.54 Å². The Balaban J connectivity index is 2.19. The lowest BCUT2D eigenvalue weighted by atomic mass is 9.85. The highest BCUT2D eigenvalue weighted by Crippen LogP contribution is 2.43. The van der Waals surface area contributed by atoms with E-state index in [2.05, 4.69) is 36.5 Å². The van der Waals surface area contributed by atoms with Gasteiger partial charge in [-0.2, -0.15) is 13.2 Å². The van der Waals surface area contributed by atoms with Gasteiger partial charge in [-0.1, -0.05) is 0 Å². The number of nitrogens with zero attached hydrogens (tertiary/aromatic N) is 2. The van der Waals surface area contributed by atoms with Gasteiger partial charge in [0.1, 0.15) is 4.60 Å². The second-order valence-electron chi connectivity index (χ2n) is 4.19. The summed E-state index contributed by atoms with van der Waals surface area (Å²) in [6, 6.07) is 0. The number of nitrogens with one attached hydrogen (secondary N) is 2. The number of alkyl halides is 3. The Bertz CT molecular complexity index is 471. The summed E-state index contributed by atoms with van der Waals surface area (Å²) < 4.78 is 39.7. The van der Waals surface area contributed by atoms with Crippen molar-refractivity contribution in [2.45, 2.75) is 12.6 Å². The molecule has 0 aliphatic carbocycles. The van der Waals surface area contributed by atoms with E-state index in [-0.39, 0.29) is 18.8 Å². The monoisotopic (exact) mass is 338 g/mol. The van der Waals surface area contributed by atoms with Gasteiger partial charge in [-0.3, -0.25) is 4.79 Å². The van der Waals surface area contributed by atoms with Gasteiger partial charge < -0.3 is 10.6 Å². The number of hydrogen-bond acceptors (Lipinski definition) is 4. The molecule has 1 amide bonds. The molecule has 19 heavy (non-hydrogen) atoms. The molecule has 1 unspecified atom stereocenters. The Labute approximate surface area is 115 Å². The number of amides is 1. The molecule has 0 spiro atoms. The first kappa shape index (κ1) is 14.2. The number of aromatic nitrogens is 2. The molecule has 2 rings (SSSR count). The van der Waals surface area contributed by atoms with Gasteiger partial charge in [0.25, 0.3) is 0 Å². The maximum Gasteiger partial charge on any atom is 0.404 e. The minimum Gasteiger partial charge on any atom is -0.315 e. The Hall–Kier alpha value is -1.22. The third kappa shape index (κ3) is 2.71. The van der Waals surface area contributed by atoms with Crippen LogP contribution in [0, 0.1) is 5.41 Å². The van der Waals surface area contributed by atoms with Crippen LogP contribution in [0.15, 0.2) is 17.0 Å². The van der Waals surface area contributed by atoms with E-state index in [9.17, 15) is 18.0 Å². The summed E-state index contributed by atoms with van der Waals surface area (Å²) in [6.45, 7) is -0.273. The van der Waals surface area contributed by atoms with Crippen molar-refractivity contribution >= 4 is 27.7 Å². The topological polar surface area (TPSA) is 66.9 Å². The summed E-state index contributed by atoms with van der Waals surface area (Å²) in [5, 5.41) is 4.74. The molecule has 1 fully saturated rings. The summed E-state index contributed by atoms with van der Waals surface area (Å²) in [4.78, 5) is 19.5. The van der Waals surface area contributed by atoms with E-state index in [1.807, 2.05) is 0 Å². The SMILES string of the molecule is O=C(Nc1cnc(Br)cn1)C1(C(F)(F)F)CCNC1. The summed E-state index contributed by atoms with van der Waals surface area (Å²) in [6.07, 6.45) is -2.41. The van der Waals surface area contributed by atoms with Crippen LogP contribution < -0.4 is 10.6 Å². The quantitative estimate of drug-likeness (QED) is 0.861. The summed E-state index contributed by atoms with van der Waals surface area (Å²) >= 11 is 3.04. The maximum atomic E-state index is 13.1. The highest BCUT2D eigenvalue weighted by Gasteiger charge is 2.61. The van der Waals surface area contributed by atoms with E-state index in [0.29, 0.717) is 4.60 Å². The second-order valence-corrected chi connectivity index (χ2v) is 5.00. The molecule has 0 radical (unpaired) electrons. The lowest BCUT2D eigenvalue weighted by molar-refractivity contribution is -0.213. The van der Waals surface area contributed by atoms with Crippen LogP contribution in [0.1, 0.15) is 6.42 Å². The van der Waals surface area contributed by atoms with Crippen LogP contribution in [0.25, 0.3) is 0 Å². The standard InChI is InChI=1S/C10H10BrF3N4O/c11-6-3-17-7(4-16-6)18-8(19)9(10(12,13)14)1-2-15-5-9/h3-4,15H,1-2,5H2,(H,17,18,19). The minimum absolute atomic E-state index is 0.0104. The van der Waals surface area contributed by atoms with Crippen LogP contribution in [0.4, 0.5) is 19.0 Å². The summed E-state index contributed by atoms with van der Waals surface area (Å²) in [7, 11) is 0. The van der Waals surface area contributed by atoms with Crippen LogP contribution in [0.2, 0.25) is 0 Å². The zero-order valence-corrected chi connectivity index (χ0v) is 11.2. The fourth-order valence-electron chi connectivity index (χ4n) is 1.87. The largest absolute Gasteiger partial charge is 0.404 e. The molecule has 0 aromatic carbocycles. The molecule has 2 N–H and O–H groups in total. The Morgan fingerprint density at radius 3 is 2.63 bits per heavy atom. The van der Waals surface area contributed by atoms with Crippen LogP contribution in [-0.4, -0.2) is 35.1 Å². The fourth-order valence-corrected chi connectivity index (χ4v) is 2.07. The van der Waals surface area contributed by atoms with E-state index in [1.54, 1.807) is 0 Å². The predicted octanol–water partition coefficient (Wildman–Crippen LogP) is 1.72.